The summed E-state index contributed by atoms with van der Waals surface area (Å²) in [6.45, 7) is 5.03. The molecule has 1 aromatic carbocycles. The molecule has 2 rings (SSSR count). The Balaban J connectivity index is 2.16. The Kier molecular flexibility index (Phi) is 7.24. The third-order valence-corrected chi connectivity index (χ3v) is 8.39. The predicted octanol–water partition coefficient (Wildman–Crippen LogP) is 1.11. The summed E-state index contributed by atoms with van der Waals surface area (Å²) >= 11 is 0. The third-order valence-electron chi connectivity index (χ3n) is 4.68. The van der Waals surface area contributed by atoms with E-state index in [0.717, 1.165) is 4.31 Å². The van der Waals surface area contributed by atoms with Gasteiger partial charge < -0.3 is 5.32 Å². The maximum Gasteiger partial charge on any atom is 0.243 e. The van der Waals surface area contributed by atoms with Gasteiger partial charge in [0.15, 0.2) is 0 Å². The van der Waals surface area contributed by atoms with Crippen LogP contribution in [0.15, 0.2) is 34.1 Å². The number of hydrogen-bond acceptors (Lipinski definition) is 5. The first-order valence-corrected chi connectivity index (χ1v) is 12.1. The summed E-state index contributed by atoms with van der Waals surface area (Å²) in [4.78, 5) is 12.4. The van der Waals surface area contributed by atoms with Crippen LogP contribution in [-0.2, 0) is 24.8 Å². The maximum atomic E-state index is 13.0. The van der Waals surface area contributed by atoms with Gasteiger partial charge in [0.25, 0.3) is 0 Å². The van der Waals surface area contributed by atoms with Gasteiger partial charge in [-0.1, -0.05) is 13.8 Å². The molecular formula is C18H29N3O5S2. The number of sulfonamides is 2. The molecule has 1 fully saturated rings. The molecule has 1 saturated heterocycles. The van der Waals surface area contributed by atoms with E-state index < -0.39 is 20.0 Å². The second kappa shape index (κ2) is 8.89. The molecule has 1 N–H and O–H groups in total. The average molecular weight is 432 g/mol. The Bertz CT molecular complexity index is 894. The van der Waals surface area contributed by atoms with E-state index in [1.165, 1.54) is 42.7 Å². The highest BCUT2D eigenvalue weighted by Crippen LogP contribution is 2.25. The van der Waals surface area contributed by atoms with Gasteiger partial charge in [0.1, 0.15) is 0 Å². The lowest BCUT2D eigenvalue weighted by Crippen LogP contribution is -2.45. The van der Waals surface area contributed by atoms with Crippen molar-refractivity contribution >= 4 is 26.0 Å². The Labute approximate surface area is 168 Å². The number of carbonyl (C=O) groups is 1. The molecule has 28 heavy (non-hydrogen) atoms. The molecule has 0 bridgehead atoms. The minimum absolute atomic E-state index is 0.0217. The number of carbonyl (C=O) groups excluding carboxylic acids is 1. The van der Waals surface area contributed by atoms with Gasteiger partial charge in [0.2, 0.25) is 26.0 Å². The summed E-state index contributed by atoms with van der Waals surface area (Å²) in [6, 6.07) is 5.18. The molecule has 1 aromatic rings. The molecule has 158 valence electrons. The second-order valence-electron chi connectivity index (χ2n) is 7.60. The molecule has 1 unspecified atom stereocenters. The minimum atomic E-state index is -3.80. The summed E-state index contributed by atoms with van der Waals surface area (Å²) in [5.41, 5.74) is 0. The lowest BCUT2D eigenvalue weighted by molar-refractivity contribution is -0.126. The van der Waals surface area contributed by atoms with Crippen LogP contribution in [-0.4, -0.2) is 65.1 Å². The standard InChI is InChI=1S/C18H29N3O5S2/c1-14(2)12-19-18(22)15-6-5-11-21(13-15)28(25,26)17-9-7-16(8-10-17)27(23,24)20(3)4/h7-10,14-15H,5-6,11-13H2,1-4H3,(H,19,22). The molecule has 10 heteroatoms. The molecule has 1 aliphatic heterocycles. The molecular weight excluding hydrogens is 402 g/mol. The van der Waals surface area contributed by atoms with Crippen molar-refractivity contribution < 1.29 is 21.6 Å². The summed E-state index contributed by atoms with van der Waals surface area (Å²) in [5, 5.41) is 2.87. The van der Waals surface area contributed by atoms with Gasteiger partial charge in [0, 0.05) is 33.7 Å². The van der Waals surface area contributed by atoms with Crippen molar-refractivity contribution in [3.05, 3.63) is 24.3 Å². The van der Waals surface area contributed by atoms with Crippen molar-refractivity contribution in [2.75, 3.05) is 33.7 Å². The fraction of sp³-hybridized carbons (Fsp3) is 0.611. The SMILES string of the molecule is CC(C)CNC(=O)C1CCCN(S(=O)(=O)c2ccc(S(=O)(=O)N(C)C)cc2)C1. The highest BCUT2D eigenvalue weighted by atomic mass is 32.2. The Morgan fingerprint density at radius 2 is 1.71 bits per heavy atom. The second-order valence-corrected chi connectivity index (χ2v) is 11.7. The van der Waals surface area contributed by atoms with Gasteiger partial charge in [0.05, 0.1) is 15.7 Å². The summed E-state index contributed by atoms with van der Waals surface area (Å²) in [6.07, 6.45) is 1.25. The van der Waals surface area contributed by atoms with Crippen LogP contribution in [0.1, 0.15) is 26.7 Å². The first-order valence-electron chi connectivity index (χ1n) is 9.26. The van der Waals surface area contributed by atoms with E-state index >= 15 is 0 Å². The van der Waals surface area contributed by atoms with Crippen molar-refractivity contribution in [1.29, 1.82) is 0 Å². The predicted molar refractivity (Wildman–Crippen MR) is 107 cm³/mol. The topological polar surface area (TPSA) is 104 Å². The van der Waals surface area contributed by atoms with Crippen LogP contribution in [0, 0.1) is 11.8 Å². The first-order chi connectivity index (χ1) is 13.0. The van der Waals surface area contributed by atoms with Crippen LogP contribution >= 0.6 is 0 Å². The fourth-order valence-electron chi connectivity index (χ4n) is 2.97. The molecule has 0 spiro atoms. The van der Waals surface area contributed by atoms with E-state index in [2.05, 4.69) is 5.32 Å². The van der Waals surface area contributed by atoms with Crippen molar-refractivity contribution in [3.8, 4) is 0 Å². The molecule has 0 aromatic heterocycles. The number of nitrogens with zero attached hydrogens (tertiary/aromatic N) is 2. The zero-order valence-corrected chi connectivity index (χ0v) is 18.4. The Hall–Kier alpha value is -1.49. The lowest BCUT2D eigenvalue weighted by atomic mass is 9.98. The maximum absolute atomic E-state index is 13.0. The van der Waals surface area contributed by atoms with Crippen LogP contribution in [0.4, 0.5) is 0 Å². The summed E-state index contributed by atoms with van der Waals surface area (Å²) in [7, 11) is -4.59. The van der Waals surface area contributed by atoms with Crippen molar-refractivity contribution in [3.63, 3.8) is 0 Å². The van der Waals surface area contributed by atoms with E-state index in [4.69, 9.17) is 0 Å². The lowest BCUT2D eigenvalue weighted by Gasteiger charge is -2.31. The van der Waals surface area contributed by atoms with Gasteiger partial charge in [-0.25, -0.2) is 21.1 Å². The van der Waals surface area contributed by atoms with Gasteiger partial charge in [-0.2, -0.15) is 4.31 Å². The van der Waals surface area contributed by atoms with E-state index in [1.807, 2.05) is 13.8 Å². The summed E-state index contributed by atoms with van der Waals surface area (Å²) < 4.78 is 52.6. The van der Waals surface area contributed by atoms with Crippen LogP contribution in [0.3, 0.4) is 0 Å². The number of nitrogens with one attached hydrogen (secondary N) is 1. The highest BCUT2D eigenvalue weighted by molar-refractivity contribution is 7.89. The Morgan fingerprint density at radius 3 is 2.25 bits per heavy atom. The number of piperidine rings is 1. The van der Waals surface area contributed by atoms with Gasteiger partial charge in [-0.05, 0) is 43.0 Å². The molecule has 8 nitrogen and oxygen atoms in total. The molecule has 1 heterocycles. The Morgan fingerprint density at radius 1 is 1.14 bits per heavy atom. The van der Waals surface area contributed by atoms with Crippen molar-refractivity contribution in [2.24, 2.45) is 11.8 Å². The van der Waals surface area contributed by atoms with Crippen molar-refractivity contribution in [1.82, 2.24) is 13.9 Å². The van der Waals surface area contributed by atoms with Crippen LogP contribution in [0.5, 0.6) is 0 Å². The normalized spacial score (nSPS) is 19.1. The number of benzene rings is 1. The monoisotopic (exact) mass is 431 g/mol. The van der Waals surface area contributed by atoms with Crippen molar-refractivity contribution in [2.45, 2.75) is 36.5 Å². The average Bonchev–Trinajstić information content (AvgIpc) is 2.66. The smallest absolute Gasteiger partial charge is 0.243 e. The number of rotatable bonds is 7. The zero-order chi connectivity index (χ0) is 21.1. The van der Waals surface area contributed by atoms with Crippen LogP contribution < -0.4 is 5.32 Å². The first kappa shape index (κ1) is 22.8. The third kappa shape index (κ3) is 5.11. The van der Waals surface area contributed by atoms with Gasteiger partial charge >= 0.3 is 0 Å². The molecule has 0 saturated carbocycles. The van der Waals surface area contributed by atoms with E-state index in [-0.39, 0.29) is 28.2 Å². The molecule has 1 amide bonds. The highest BCUT2D eigenvalue weighted by Gasteiger charge is 2.33. The van der Waals surface area contributed by atoms with Crippen LogP contribution in [0.2, 0.25) is 0 Å². The van der Waals surface area contributed by atoms with E-state index in [1.54, 1.807) is 0 Å². The number of amides is 1. The van der Waals surface area contributed by atoms with Gasteiger partial charge in [-0.15, -0.1) is 0 Å². The summed E-state index contributed by atoms with van der Waals surface area (Å²) in [5.74, 6) is -0.180. The number of hydrogen-bond donors (Lipinski definition) is 1. The fourth-order valence-corrected chi connectivity index (χ4v) is 5.39. The minimum Gasteiger partial charge on any atom is -0.356 e. The van der Waals surface area contributed by atoms with Gasteiger partial charge in [-0.3, -0.25) is 4.79 Å². The molecule has 1 aliphatic rings. The molecule has 0 radical (unpaired) electrons. The molecule has 0 aliphatic carbocycles. The zero-order valence-electron chi connectivity index (χ0n) is 16.8. The van der Waals surface area contributed by atoms with Crippen LogP contribution in [0.25, 0.3) is 0 Å². The van der Waals surface area contributed by atoms with E-state index in [9.17, 15) is 21.6 Å². The largest absolute Gasteiger partial charge is 0.356 e. The van der Waals surface area contributed by atoms with E-state index in [0.29, 0.717) is 31.8 Å². The quantitative estimate of drug-likeness (QED) is 0.696. The molecule has 1 atom stereocenters.